The van der Waals surface area contributed by atoms with E-state index in [2.05, 4.69) is 14.8 Å². The molecule has 1 N–H and O–H groups in total. The summed E-state index contributed by atoms with van der Waals surface area (Å²) in [5.41, 5.74) is 0. The lowest BCUT2D eigenvalue weighted by molar-refractivity contribution is -0.141. The van der Waals surface area contributed by atoms with Gasteiger partial charge in [-0.15, -0.1) is 0 Å². The zero-order valence-corrected chi connectivity index (χ0v) is 7.03. The number of methoxy groups -OCH3 is 1. The van der Waals surface area contributed by atoms with Crippen LogP contribution >= 0.6 is 0 Å². The third-order valence-corrected chi connectivity index (χ3v) is 1.63. The number of amides is 1. The quantitative estimate of drug-likeness (QED) is 0.479. The minimum Gasteiger partial charge on any atom is -0.469 e. The van der Waals surface area contributed by atoms with Crippen LogP contribution in [-0.4, -0.2) is 31.2 Å². The van der Waals surface area contributed by atoms with Crippen molar-refractivity contribution in [3.8, 4) is 0 Å². The number of carbonyl (C=O) groups is 3. The molecule has 0 spiro atoms. The SMILES string of the molecule is COC(=O)CCC1NC(=O)OC1=O. The molecule has 0 aliphatic carbocycles. The van der Waals surface area contributed by atoms with E-state index < -0.39 is 24.1 Å². The van der Waals surface area contributed by atoms with E-state index in [1.54, 1.807) is 0 Å². The Morgan fingerprint density at radius 3 is 2.77 bits per heavy atom. The van der Waals surface area contributed by atoms with Crippen LogP contribution in [0.5, 0.6) is 0 Å². The van der Waals surface area contributed by atoms with E-state index in [0.29, 0.717) is 0 Å². The summed E-state index contributed by atoms with van der Waals surface area (Å²) in [6.45, 7) is 0. The van der Waals surface area contributed by atoms with Gasteiger partial charge in [-0.3, -0.25) is 4.79 Å². The maximum absolute atomic E-state index is 10.8. The van der Waals surface area contributed by atoms with Crippen LogP contribution in [0.2, 0.25) is 0 Å². The molecule has 0 bridgehead atoms. The fraction of sp³-hybridized carbons (Fsp3) is 0.571. The van der Waals surface area contributed by atoms with Gasteiger partial charge in [-0.1, -0.05) is 0 Å². The number of carbonyl (C=O) groups excluding carboxylic acids is 3. The van der Waals surface area contributed by atoms with E-state index in [1.807, 2.05) is 0 Å². The van der Waals surface area contributed by atoms with Crippen LogP contribution in [0, 0.1) is 0 Å². The van der Waals surface area contributed by atoms with Crippen LogP contribution in [0.15, 0.2) is 0 Å². The van der Waals surface area contributed by atoms with Gasteiger partial charge in [0.25, 0.3) is 0 Å². The normalized spacial score (nSPS) is 20.8. The van der Waals surface area contributed by atoms with Crippen molar-refractivity contribution in [1.29, 1.82) is 0 Å². The van der Waals surface area contributed by atoms with Gasteiger partial charge in [-0.05, 0) is 6.42 Å². The van der Waals surface area contributed by atoms with Crippen molar-refractivity contribution in [3.63, 3.8) is 0 Å². The molecular formula is C7H9NO5. The fourth-order valence-electron chi connectivity index (χ4n) is 0.947. The Morgan fingerprint density at radius 1 is 1.62 bits per heavy atom. The molecule has 1 aliphatic rings. The Hall–Kier alpha value is -1.59. The molecule has 1 atom stereocenters. The molecule has 6 nitrogen and oxygen atoms in total. The second-order valence-electron chi connectivity index (χ2n) is 2.52. The van der Waals surface area contributed by atoms with E-state index in [9.17, 15) is 14.4 Å². The van der Waals surface area contributed by atoms with Gasteiger partial charge in [0.1, 0.15) is 6.04 Å². The first kappa shape index (κ1) is 9.50. The summed E-state index contributed by atoms with van der Waals surface area (Å²) in [4.78, 5) is 32.0. The molecule has 13 heavy (non-hydrogen) atoms. The molecule has 6 heteroatoms. The van der Waals surface area contributed by atoms with Gasteiger partial charge in [0.2, 0.25) is 0 Å². The molecule has 0 aromatic heterocycles. The van der Waals surface area contributed by atoms with E-state index in [4.69, 9.17) is 0 Å². The molecule has 1 aliphatic heterocycles. The highest BCUT2D eigenvalue weighted by Crippen LogP contribution is 2.07. The van der Waals surface area contributed by atoms with Crippen molar-refractivity contribution in [2.24, 2.45) is 0 Å². The van der Waals surface area contributed by atoms with Gasteiger partial charge in [0.05, 0.1) is 7.11 Å². The topological polar surface area (TPSA) is 81.7 Å². The second kappa shape index (κ2) is 3.88. The third kappa shape index (κ3) is 2.43. The Labute approximate surface area is 74.2 Å². The lowest BCUT2D eigenvalue weighted by atomic mass is 10.2. The van der Waals surface area contributed by atoms with Crippen molar-refractivity contribution in [2.75, 3.05) is 7.11 Å². The molecule has 1 fully saturated rings. The highest BCUT2D eigenvalue weighted by Gasteiger charge is 2.32. The summed E-state index contributed by atoms with van der Waals surface area (Å²) >= 11 is 0. The number of rotatable bonds is 3. The molecular weight excluding hydrogens is 178 g/mol. The van der Waals surface area contributed by atoms with Crippen LogP contribution in [0.3, 0.4) is 0 Å². The zero-order valence-electron chi connectivity index (χ0n) is 7.03. The van der Waals surface area contributed by atoms with Gasteiger partial charge < -0.3 is 14.8 Å². The predicted octanol–water partition coefficient (Wildman–Crippen LogP) is -0.425. The van der Waals surface area contributed by atoms with Crippen molar-refractivity contribution >= 4 is 18.0 Å². The lowest BCUT2D eigenvalue weighted by Crippen LogP contribution is -2.29. The van der Waals surface area contributed by atoms with E-state index in [1.165, 1.54) is 7.11 Å². The fourth-order valence-corrected chi connectivity index (χ4v) is 0.947. The highest BCUT2D eigenvalue weighted by atomic mass is 16.6. The van der Waals surface area contributed by atoms with Crippen LogP contribution in [0.1, 0.15) is 12.8 Å². The number of cyclic esters (lactones) is 2. The maximum atomic E-state index is 10.8. The molecule has 0 aromatic carbocycles. The molecule has 1 saturated heterocycles. The molecule has 0 aromatic rings. The summed E-state index contributed by atoms with van der Waals surface area (Å²) in [7, 11) is 1.26. The van der Waals surface area contributed by atoms with Crippen LogP contribution in [0.25, 0.3) is 0 Å². The van der Waals surface area contributed by atoms with Crippen molar-refractivity contribution in [3.05, 3.63) is 0 Å². The summed E-state index contributed by atoms with van der Waals surface area (Å²) in [5.74, 6) is -1.07. The molecule has 0 radical (unpaired) electrons. The van der Waals surface area contributed by atoms with Gasteiger partial charge in [-0.25, -0.2) is 9.59 Å². The zero-order chi connectivity index (χ0) is 9.84. The van der Waals surface area contributed by atoms with Crippen molar-refractivity contribution in [2.45, 2.75) is 18.9 Å². The first-order valence-electron chi connectivity index (χ1n) is 3.72. The summed E-state index contributed by atoms with van der Waals surface area (Å²) in [6, 6.07) is -0.716. The number of alkyl carbamates (subject to hydrolysis) is 1. The minimum absolute atomic E-state index is 0.0799. The Bertz CT molecular complexity index is 249. The van der Waals surface area contributed by atoms with E-state index >= 15 is 0 Å². The number of esters is 2. The van der Waals surface area contributed by atoms with Crippen molar-refractivity contribution in [1.82, 2.24) is 5.32 Å². The molecule has 0 saturated carbocycles. The molecule has 1 heterocycles. The van der Waals surface area contributed by atoms with Gasteiger partial charge in [-0.2, -0.15) is 0 Å². The number of nitrogens with one attached hydrogen (secondary N) is 1. The average Bonchev–Trinajstić information content (AvgIpc) is 2.41. The Morgan fingerprint density at radius 2 is 2.31 bits per heavy atom. The number of hydrogen-bond acceptors (Lipinski definition) is 5. The lowest BCUT2D eigenvalue weighted by Gasteiger charge is -2.02. The Balaban J connectivity index is 2.33. The van der Waals surface area contributed by atoms with E-state index in [0.717, 1.165) is 0 Å². The van der Waals surface area contributed by atoms with Crippen LogP contribution in [-0.2, 0) is 19.1 Å². The van der Waals surface area contributed by atoms with Crippen molar-refractivity contribution < 1.29 is 23.9 Å². The van der Waals surface area contributed by atoms with Crippen LogP contribution in [0.4, 0.5) is 4.79 Å². The first-order valence-corrected chi connectivity index (χ1v) is 3.72. The monoisotopic (exact) mass is 187 g/mol. The summed E-state index contributed by atoms with van der Waals surface area (Å²) in [6.07, 6.45) is -0.479. The molecule has 72 valence electrons. The van der Waals surface area contributed by atoms with Crippen LogP contribution < -0.4 is 5.32 Å². The smallest absolute Gasteiger partial charge is 0.415 e. The third-order valence-electron chi connectivity index (χ3n) is 1.63. The maximum Gasteiger partial charge on any atom is 0.415 e. The predicted molar refractivity (Wildman–Crippen MR) is 39.7 cm³/mol. The first-order chi connectivity index (χ1) is 6.13. The minimum atomic E-state index is -0.764. The highest BCUT2D eigenvalue weighted by molar-refractivity contribution is 5.95. The second-order valence-corrected chi connectivity index (χ2v) is 2.52. The molecule has 1 amide bonds. The largest absolute Gasteiger partial charge is 0.469 e. The standard InChI is InChI=1S/C7H9NO5/c1-12-5(9)3-2-4-6(10)13-7(11)8-4/h4H,2-3H2,1H3,(H,8,11). The molecule has 1 unspecified atom stereocenters. The molecule has 1 rings (SSSR count). The van der Waals surface area contributed by atoms with Gasteiger partial charge in [0, 0.05) is 6.42 Å². The summed E-state index contributed by atoms with van der Waals surface area (Å²) < 4.78 is 8.57. The van der Waals surface area contributed by atoms with Gasteiger partial charge in [0.15, 0.2) is 0 Å². The van der Waals surface area contributed by atoms with Gasteiger partial charge >= 0.3 is 18.0 Å². The van der Waals surface area contributed by atoms with E-state index in [-0.39, 0.29) is 12.8 Å². The summed E-state index contributed by atoms with van der Waals surface area (Å²) in [5, 5.41) is 2.26. The average molecular weight is 187 g/mol. The number of hydrogen-bond donors (Lipinski definition) is 1. The Kier molecular flexibility index (Phi) is 2.84. The number of ether oxygens (including phenoxy) is 2.